The van der Waals surface area contributed by atoms with Gasteiger partial charge in [-0.25, -0.2) is 0 Å². The lowest BCUT2D eigenvalue weighted by molar-refractivity contribution is 0.171. The summed E-state index contributed by atoms with van der Waals surface area (Å²) in [6.45, 7) is 3.36. The maximum absolute atomic E-state index is 5.92. The van der Waals surface area contributed by atoms with E-state index in [2.05, 4.69) is 114 Å². The second kappa shape index (κ2) is 15.6. The van der Waals surface area contributed by atoms with Crippen molar-refractivity contribution >= 4 is 53.5 Å². The highest BCUT2D eigenvalue weighted by molar-refractivity contribution is 5.82. The van der Waals surface area contributed by atoms with Gasteiger partial charge in [-0.1, -0.05) is 109 Å². The van der Waals surface area contributed by atoms with E-state index in [1.807, 2.05) is 54.6 Å². The summed E-state index contributed by atoms with van der Waals surface area (Å²) in [4.78, 5) is 2.27. The maximum Gasteiger partial charge on any atom is 0.168 e. The van der Waals surface area contributed by atoms with E-state index < -0.39 is 0 Å². The van der Waals surface area contributed by atoms with Gasteiger partial charge in [-0.05, 0) is 71.3 Å². The number of nitrogens with zero attached hydrogens (tertiary/aromatic N) is 1. The Balaban J connectivity index is 0.993. The van der Waals surface area contributed by atoms with Crippen molar-refractivity contribution in [3.05, 3.63) is 161 Å². The average Bonchev–Trinajstić information content (AvgIpc) is 3.25. The zero-order valence-corrected chi connectivity index (χ0v) is 30.2. The summed E-state index contributed by atoms with van der Waals surface area (Å²) >= 11 is 0. The molecular weight excluding hydrogens is 687 g/mol. The molecule has 0 amide bonds. The molecule has 7 heteroatoms. The van der Waals surface area contributed by atoms with Crippen LogP contribution in [0.1, 0.15) is 33.4 Å². The van der Waals surface area contributed by atoms with Gasteiger partial charge in [0.1, 0.15) is 39.6 Å². The van der Waals surface area contributed by atoms with Crippen LogP contribution in [0.5, 0.6) is 34.5 Å². The molecule has 0 atom stereocenters. The molecule has 0 radical (unpaired) electrons. The first-order valence-electron chi connectivity index (χ1n) is 18.6. The van der Waals surface area contributed by atoms with Gasteiger partial charge >= 0.3 is 0 Å². The quantitative estimate of drug-likeness (QED) is 0.138. The second-order valence-electron chi connectivity index (χ2n) is 13.2. The molecule has 3 aliphatic heterocycles. The predicted octanol–water partition coefficient (Wildman–Crippen LogP) is 11.0. The highest BCUT2D eigenvalue weighted by Crippen LogP contribution is 2.39. The molecular formula is C48H39NO6. The molecule has 6 aromatic carbocycles. The molecule has 0 spiro atoms. The minimum atomic E-state index is 0.551. The second-order valence-corrected chi connectivity index (χ2v) is 13.2. The van der Waals surface area contributed by atoms with Crippen molar-refractivity contribution in [3.63, 3.8) is 0 Å². The third-order valence-electron chi connectivity index (χ3n) is 9.61. The predicted molar refractivity (Wildman–Crippen MR) is 220 cm³/mol. The molecule has 0 saturated carbocycles. The van der Waals surface area contributed by atoms with Gasteiger partial charge < -0.3 is 33.3 Å². The van der Waals surface area contributed by atoms with Gasteiger partial charge in [-0.15, -0.1) is 0 Å². The molecule has 272 valence electrons. The number of para-hydroxylation sites is 3. The lowest BCUT2D eigenvalue weighted by atomic mass is 10.1. The largest absolute Gasteiger partial charge is 0.486 e. The topological polar surface area (TPSA) is 58.6 Å². The Morgan fingerprint density at radius 3 is 0.909 bits per heavy atom. The summed E-state index contributed by atoms with van der Waals surface area (Å²) in [5, 5.41) is 0. The summed E-state index contributed by atoms with van der Waals surface area (Å²) in [6.07, 6.45) is 12.5. The molecule has 6 aromatic rings. The van der Waals surface area contributed by atoms with Crippen LogP contribution in [0.25, 0.3) is 36.5 Å². The molecule has 9 rings (SSSR count). The van der Waals surface area contributed by atoms with Crippen LogP contribution in [0.4, 0.5) is 17.1 Å². The van der Waals surface area contributed by atoms with Crippen molar-refractivity contribution in [3.8, 4) is 34.5 Å². The number of benzene rings is 6. The number of ether oxygens (including phenoxy) is 6. The first-order chi connectivity index (χ1) is 27.2. The minimum Gasteiger partial charge on any atom is -0.486 e. The lowest BCUT2D eigenvalue weighted by Gasteiger charge is -2.26. The fourth-order valence-electron chi connectivity index (χ4n) is 6.89. The summed E-state index contributed by atoms with van der Waals surface area (Å²) in [5.74, 6) is 4.73. The fourth-order valence-corrected chi connectivity index (χ4v) is 6.89. The molecule has 0 fully saturated rings. The maximum atomic E-state index is 5.92. The Morgan fingerprint density at radius 2 is 0.600 bits per heavy atom. The van der Waals surface area contributed by atoms with E-state index in [4.69, 9.17) is 28.4 Å². The smallest absolute Gasteiger partial charge is 0.168 e. The molecule has 0 aliphatic carbocycles. The summed E-state index contributed by atoms with van der Waals surface area (Å²) < 4.78 is 35.1. The van der Waals surface area contributed by atoms with Crippen LogP contribution < -0.4 is 33.3 Å². The van der Waals surface area contributed by atoms with Crippen LogP contribution in [0, 0.1) is 0 Å². The third-order valence-corrected chi connectivity index (χ3v) is 9.61. The van der Waals surface area contributed by atoms with Crippen LogP contribution in [-0.2, 0) is 0 Å². The number of fused-ring (bicyclic) bond motifs is 3. The van der Waals surface area contributed by atoms with Crippen LogP contribution in [0.2, 0.25) is 0 Å². The Hall–Kier alpha value is -6.86. The van der Waals surface area contributed by atoms with Crippen molar-refractivity contribution in [2.45, 2.75) is 0 Å². The molecule has 7 nitrogen and oxygen atoms in total. The van der Waals surface area contributed by atoms with Crippen LogP contribution in [0.15, 0.2) is 127 Å². The van der Waals surface area contributed by atoms with Crippen LogP contribution in [0.3, 0.4) is 0 Å². The van der Waals surface area contributed by atoms with Gasteiger partial charge in [-0.3, -0.25) is 0 Å². The van der Waals surface area contributed by atoms with E-state index in [1.165, 1.54) is 0 Å². The minimum absolute atomic E-state index is 0.551. The first-order valence-corrected chi connectivity index (χ1v) is 18.6. The zero-order chi connectivity index (χ0) is 36.8. The molecule has 0 N–H and O–H groups in total. The van der Waals surface area contributed by atoms with Gasteiger partial charge in [0.25, 0.3) is 0 Å². The van der Waals surface area contributed by atoms with Crippen molar-refractivity contribution in [1.82, 2.24) is 0 Å². The Labute approximate surface area is 320 Å². The van der Waals surface area contributed by atoms with Crippen LogP contribution in [-0.4, -0.2) is 39.6 Å². The van der Waals surface area contributed by atoms with Crippen molar-refractivity contribution in [2.24, 2.45) is 0 Å². The van der Waals surface area contributed by atoms with E-state index in [9.17, 15) is 0 Å². The van der Waals surface area contributed by atoms with Gasteiger partial charge in [-0.2, -0.15) is 0 Å². The monoisotopic (exact) mass is 725 g/mol. The number of hydrogen-bond donors (Lipinski definition) is 0. The highest BCUT2D eigenvalue weighted by atomic mass is 16.6. The number of rotatable bonds is 9. The van der Waals surface area contributed by atoms with Gasteiger partial charge in [0.2, 0.25) is 0 Å². The van der Waals surface area contributed by atoms with E-state index in [1.54, 1.807) is 0 Å². The summed E-state index contributed by atoms with van der Waals surface area (Å²) in [5.41, 5.74) is 9.33. The van der Waals surface area contributed by atoms with Crippen molar-refractivity contribution in [1.29, 1.82) is 0 Å². The van der Waals surface area contributed by atoms with E-state index in [-0.39, 0.29) is 0 Å². The lowest BCUT2D eigenvalue weighted by Crippen LogP contribution is -2.15. The SMILES string of the molecule is C(=Cc1cccc2c1OCCO2)c1ccc(N(c2ccc(C=Cc3cccc4c3OCCO4)cc2)c2ccc(C=Cc3cccc4c3OCCO4)cc2)cc1. The van der Waals surface area contributed by atoms with Gasteiger partial charge in [0.15, 0.2) is 34.5 Å². The molecule has 0 unspecified atom stereocenters. The average molecular weight is 726 g/mol. The first kappa shape index (κ1) is 33.9. The Kier molecular flexibility index (Phi) is 9.64. The number of hydrogen-bond acceptors (Lipinski definition) is 7. The summed E-state index contributed by atoms with van der Waals surface area (Å²) in [7, 11) is 0. The van der Waals surface area contributed by atoms with Gasteiger partial charge in [0.05, 0.1) is 0 Å². The molecule has 0 bridgehead atoms. The fraction of sp³-hybridized carbons (Fsp3) is 0.125. The molecule has 0 aromatic heterocycles. The standard InChI is InChI=1S/C48H39NO6/c1-4-37(46-43(7-1)50-28-31-53-46)19-10-34-13-22-40(23-14-34)49(41-24-15-35(16-25-41)11-20-38-5-2-8-44-47(38)54-32-29-51-44)42-26-17-36(18-27-42)12-21-39-6-3-9-45-48(39)55-33-30-52-45/h1-27H,28-33H2. The Bertz CT molecular complexity index is 2110. The highest BCUT2D eigenvalue weighted by Gasteiger charge is 2.17. The van der Waals surface area contributed by atoms with E-state index in [0.717, 1.165) is 84.9 Å². The van der Waals surface area contributed by atoms with Crippen LogP contribution >= 0.6 is 0 Å². The normalized spacial score (nSPS) is 14.4. The zero-order valence-electron chi connectivity index (χ0n) is 30.2. The van der Waals surface area contributed by atoms with Crippen molar-refractivity contribution < 1.29 is 28.4 Å². The molecule has 3 aliphatic rings. The van der Waals surface area contributed by atoms with Gasteiger partial charge in [0, 0.05) is 33.8 Å². The molecule has 55 heavy (non-hydrogen) atoms. The molecule has 3 heterocycles. The van der Waals surface area contributed by atoms with Crippen molar-refractivity contribution in [2.75, 3.05) is 44.5 Å². The van der Waals surface area contributed by atoms with E-state index >= 15 is 0 Å². The summed E-state index contributed by atoms with van der Waals surface area (Å²) in [6, 6.07) is 43.7. The van der Waals surface area contributed by atoms with E-state index in [0.29, 0.717) is 39.6 Å². The third kappa shape index (κ3) is 7.50. The number of anilines is 3. The Morgan fingerprint density at radius 1 is 0.309 bits per heavy atom. The molecule has 0 saturated heterocycles.